The summed E-state index contributed by atoms with van der Waals surface area (Å²) in [6.07, 6.45) is 2.84. The lowest BCUT2D eigenvalue weighted by molar-refractivity contribution is -0.116. The Morgan fingerprint density at radius 2 is 2.22 bits per heavy atom. The molecule has 2 N–H and O–H groups in total. The summed E-state index contributed by atoms with van der Waals surface area (Å²) in [5, 5.41) is 6.94. The minimum Gasteiger partial charge on any atom is -0.326 e. The smallest absolute Gasteiger partial charge is 0.229 e. The summed E-state index contributed by atoms with van der Waals surface area (Å²) in [5.74, 6) is 0.394. The number of aromatic nitrogens is 3. The minimum atomic E-state index is -3.37. The molecule has 1 aliphatic rings. The van der Waals surface area contributed by atoms with Gasteiger partial charge in [0.25, 0.3) is 0 Å². The van der Waals surface area contributed by atoms with E-state index in [1.807, 2.05) is 13.0 Å². The number of sulfonamides is 1. The first-order chi connectivity index (χ1) is 10.9. The summed E-state index contributed by atoms with van der Waals surface area (Å²) >= 11 is 0. The van der Waals surface area contributed by atoms with Gasteiger partial charge < -0.3 is 5.32 Å². The summed E-state index contributed by atoms with van der Waals surface area (Å²) in [7, 11) is -3.37. The third-order valence-corrected chi connectivity index (χ3v) is 4.26. The number of rotatable bonds is 4. The van der Waals surface area contributed by atoms with E-state index >= 15 is 0 Å². The molecule has 122 valence electrons. The summed E-state index contributed by atoms with van der Waals surface area (Å²) in [5.41, 5.74) is 1.89. The highest BCUT2D eigenvalue weighted by Crippen LogP contribution is 2.37. The van der Waals surface area contributed by atoms with Gasteiger partial charge in [-0.1, -0.05) is 6.07 Å². The molecule has 1 atom stereocenters. The van der Waals surface area contributed by atoms with Crippen molar-refractivity contribution >= 4 is 27.3 Å². The van der Waals surface area contributed by atoms with Crippen molar-refractivity contribution in [1.82, 2.24) is 14.8 Å². The van der Waals surface area contributed by atoms with Crippen molar-refractivity contribution in [2.75, 3.05) is 16.3 Å². The number of hydrogen-bond acceptors (Lipinski definition) is 5. The van der Waals surface area contributed by atoms with Crippen molar-refractivity contribution in [3.05, 3.63) is 35.9 Å². The number of anilines is 2. The molecule has 2 aromatic rings. The topological polar surface area (TPSA) is 106 Å². The molecule has 0 aliphatic carbocycles. The fourth-order valence-electron chi connectivity index (χ4n) is 2.76. The van der Waals surface area contributed by atoms with Gasteiger partial charge in [-0.25, -0.2) is 18.1 Å². The standard InChI is InChI=1S/C14H17N5O3S/c1-3-19-14(15-8-16-19)11-7-13(20)17-12-6-9(4-5-10(11)12)18-23(2,21)22/h4-6,8,11,18H,3,7H2,1-2H3,(H,17,20)/t11-/m1/s1. The second-order valence-electron chi connectivity index (χ2n) is 5.42. The van der Waals surface area contributed by atoms with Crippen LogP contribution in [0, 0.1) is 0 Å². The lowest BCUT2D eigenvalue weighted by Gasteiger charge is -2.25. The van der Waals surface area contributed by atoms with E-state index in [4.69, 9.17) is 0 Å². The van der Waals surface area contributed by atoms with Gasteiger partial charge in [0.1, 0.15) is 12.2 Å². The number of nitrogens with zero attached hydrogens (tertiary/aromatic N) is 3. The summed E-state index contributed by atoms with van der Waals surface area (Å²) in [6, 6.07) is 5.10. The quantitative estimate of drug-likeness (QED) is 0.871. The van der Waals surface area contributed by atoms with Crippen LogP contribution in [0.25, 0.3) is 0 Å². The van der Waals surface area contributed by atoms with E-state index in [9.17, 15) is 13.2 Å². The molecule has 0 radical (unpaired) electrons. The van der Waals surface area contributed by atoms with E-state index in [1.54, 1.807) is 16.8 Å². The molecule has 0 unspecified atom stereocenters. The van der Waals surface area contributed by atoms with E-state index in [2.05, 4.69) is 20.1 Å². The van der Waals surface area contributed by atoms with Crippen molar-refractivity contribution in [1.29, 1.82) is 0 Å². The van der Waals surface area contributed by atoms with Crippen molar-refractivity contribution in [2.24, 2.45) is 0 Å². The van der Waals surface area contributed by atoms with Crippen LogP contribution in [0.3, 0.4) is 0 Å². The van der Waals surface area contributed by atoms with Crippen LogP contribution >= 0.6 is 0 Å². The highest BCUT2D eigenvalue weighted by atomic mass is 32.2. The van der Waals surface area contributed by atoms with Gasteiger partial charge in [0.2, 0.25) is 15.9 Å². The molecular weight excluding hydrogens is 318 g/mol. The highest BCUT2D eigenvalue weighted by molar-refractivity contribution is 7.92. The zero-order valence-electron chi connectivity index (χ0n) is 12.8. The number of benzene rings is 1. The Kier molecular flexibility index (Phi) is 3.80. The Bertz CT molecular complexity index is 859. The van der Waals surface area contributed by atoms with Crippen molar-refractivity contribution in [2.45, 2.75) is 25.8 Å². The van der Waals surface area contributed by atoms with Gasteiger partial charge in [-0.3, -0.25) is 9.52 Å². The van der Waals surface area contributed by atoms with Crippen LogP contribution < -0.4 is 10.0 Å². The van der Waals surface area contributed by atoms with Gasteiger partial charge in [-0.15, -0.1) is 0 Å². The second-order valence-corrected chi connectivity index (χ2v) is 7.16. The van der Waals surface area contributed by atoms with Crippen LogP contribution in [0.2, 0.25) is 0 Å². The van der Waals surface area contributed by atoms with Crippen molar-refractivity contribution < 1.29 is 13.2 Å². The molecule has 23 heavy (non-hydrogen) atoms. The van der Waals surface area contributed by atoms with Gasteiger partial charge in [-0.2, -0.15) is 5.10 Å². The maximum Gasteiger partial charge on any atom is 0.229 e. The van der Waals surface area contributed by atoms with Crippen molar-refractivity contribution in [3.63, 3.8) is 0 Å². The van der Waals surface area contributed by atoms with E-state index in [0.717, 1.165) is 17.6 Å². The van der Waals surface area contributed by atoms with E-state index in [0.29, 0.717) is 17.9 Å². The molecule has 0 saturated heterocycles. The zero-order chi connectivity index (χ0) is 16.6. The Labute approximate surface area is 134 Å². The molecule has 1 amide bonds. The van der Waals surface area contributed by atoms with E-state index in [-0.39, 0.29) is 18.2 Å². The fourth-order valence-corrected chi connectivity index (χ4v) is 3.31. The average molecular weight is 335 g/mol. The second kappa shape index (κ2) is 5.65. The Morgan fingerprint density at radius 1 is 1.43 bits per heavy atom. The monoisotopic (exact) mass is 335 g/mol. The number of hydrogen-bond donors (Lipinski definition) is 2. The number of nitrogens with one attached hydrogen (secondary N) is 2. The molecular formula is C14H17N5O3S. The van der Waals surface area contributed by atoms with Gasteiger partial charge in [0.15, 0.2) is 0 Å². The molecule has 9 heteroatoms. The van der Waals surface area contributed by atoms with Crippen LogP contribution in [0.4, 0.5) is 11.4 Å². The predicted molar refractivity (Wildman–Crippen MR) is 85.7 cm³/mol. The van der Waals surface area contributed by atoms with E-state index in [1.165, 1.54) is 6.33 Å². The number of aryl methyl sites for hydroxylation is 1. The molecule has 8 nitrogen and oxygen atoms in total. The molecule has 2 heterocycles. The number of carbonyl (C=O) groups is 1. The summed E-state index contributed by atoms with van der Waals surface area (Å²) in [4.78, 5) is 16.3. The maximum absolute atomic E-state index is 12.0. The molecule has 0 spiro atoms. The zero-order valence-corrected chi connectivity index (χ0v) is 13.6. The first-order valence-corrected chi connectivity index (χ1v) is 9.06. The Balaban J connectivity index is 2.03. The Morgan fingerprint density at radius 3 is 2.91 bits per heavy atom. The van der Waals surface area contributed by atoms with Gasteiger partial charge >= 0.3 is 0 Å². The lowest BCUT2D eigenvalue weighted by atomic mass is 9.89. The minimum absolute atomic E-state index is 0.135. The molecule has 0 fully saturated rings. The third-order valence-electron chi connectivity index (χ3n) is 3.65. The normalized spacial score (nSPS) is 17.5. The molecule has 0 saturated carbocycles. The maximum atomic E-state index is 12.0. The van der Waals surface area contributed by atoms with Crippen LogP contribution in [0.5, 0.6) is 0 Å². The first-order valence-electron chi connectivity index (χ1n) is 7.16. The van der Waals surface area contributed by atoms with E-state index < -0.39 is 10.0 Å². The molecule has 1 aromatic heterocycles. The van der Waals surface area contributed by atoms with Gasteiger partial charge in [-0.05, 0) is 24.6 Å². The molecule has 1 aromatic carbocycles. The number of amides is 1. The summed E-state index contributed by atoms with van der Waals surface area (Å²) in [6.45, 7) is 2.62. The lowest BCUT2D eigenvalue weighted by Crippen LogP contribution is -2.25. The summed E-state index contributed by atoms with van der Waals surface area (Å²) < 4.78 is 26.9. The fraction of sp³-hybridized carbons (Fsp3) is 0.357. The largest absolute Gasteiger partial charge is 0.326 e. The molecule has 0 bridgehead atoms. The first kappa shape index (κ1) is 15.5. The van der Waals surface area contributed by atoms with Gasteiger partial charge in [0.05, 0.1) is 17.9 Å². The SMILES string of the molecule is CCn1ncnc1[C@@H]1CC(=O)Nc2cc(NS(C)(=O)=O)ccc21. The number of fused-ring (bicyclic) bond motifs is 1. The highest BCUT2D eigenvalue weighted by Gasteiger charge is 2.30. The van der Waals surface area contributed by atoms with Crippen LogP contribution in [-0.2, 0) is 21.4 Å². The molecule has 1 aliphatic heterocycles. The Hall–Kier alpha value is -2.42. The van der Waals surface area contributed by atoms with Gasteiger partial charge in [0, 0.05) is 18.7 Å². The van der Waals surface area contributed by atoms with Crippen molar-refractivity contribution in [3.8, 4) is 0 Å². The van der Waals surface area contributed by atoms with Crippen LogP contribution in [0.1, 0.15) is 30.7 Å². The van der Waals surface area contributed by atoms with Crippen LogP contribution in [-0.4, -0.2) is 35.3 Å². The predicted octanol–water partition coefficient (Wildman–Crippen LogP) is 1.14. The van der Waals surface area contributed by atoms with Crippen LogP contribution in [0.15, 0.2) is 24.5 Å². The average Bonchev–Trinajstić information content (AvgIpc) is 2.92. The third kappa shape index (κ3) is 3.19. The number of carbonyl (C=O) groups excluding carboxylic acids is 1. The molecule has 3 rings (SSSR count).